The van der Waals surface area contributed by atoms with Crippen LogP contribution in [0.5, 0.6) is 11.5 Å². The molecule has 194 valence electrons. The van der Waals surface area contributed by atoms with Crippen LogP contribution in [0.1, 0.15) is 58.6 Å². The van der Waals surface area contributed by atoms with E-state index in [9.17, 15) is 5.26 Å². The molecule has 6 nitrogen and oxygen atoms in total. The lowest BCUT2D eigenvalue weighted by atomic mass is 9.80. The van der Waals surface area contributed by atoms with Gasteiger partial charge in [0, 0.05) is 24.7 Å². The minimum Gasteiger partial charge on any atom is -0.491 e. The van der Waals surface area contributed by atoms with Crippen molar-refractivity contribution in [2.24, 2.45) is 5.73 Å². The maximum absolute atomic E-state index is 10.1. The number of benzene rings is 2. The number of hydrogen-bond acceptors (Lipinski definition) is 6. The first kappa shape index (κ1) is 26.4. The molecule has 0 fully saturated rings. The van der Waals surface area contributed by atoms with Gasteiger partial charge in [-0.1, -0.05) is 24.3 Å². The van der Waals surface area contributed by atoms with Crippen molar-refractivity contribution in [3.05, 3.63) is 88.0 Å². The monoisotopic (exact) mass is 499 g/mol. The molecule has 2 aliphatic heterocycles. The Morgan fingerprint density at radius 3 is 2.00 bits per heavy atom. The number of ether oxygens (including phenoxy) is 3. The normalized spacial score (nSPS) is 19.4. The second-order valence-electron chi connectivity index (χ2n) is 10.4. The Balaban J connectivity index is 1.77. The van der Waals surface area contributed by atoms with Crippen molar-refractivity contribution in [2.75, 3.05) is 13.1 Å². The van der Waals surface area contributed by atoms with Crippen LogP contribution in [0.2, 0.25) is 0 Å². The van der Waals surface area contributed by atoms with Gasteiger partial charge in [0.15, 0.2) is 0 Å². The summed E-state index contributed by atoms with van der Waals surface area (Å²) in [6.07, 6.45) is 2.35. The second-order valence-corrected chi connectivity index (χ2v) is 10.4. The van der Waals surface area contributed by atoms with Gasteiger partial charge in [-0.25, -0.2) is 0 Å². The molecule has 2 aromatic rings. The van der Waals surface area contributed by atoms with Crippen LogP contribution in [0.4, 0.5) is 0 Å². The van der Waals surface area contributed by atoms with Crippen molar-refractivity contribution in [2.45, 2.75) is 65.7 Å². The van der Waals surface area contributed by atoms with Crippen molar-refractivity contribution in [1.29, 1.82) is 5.26 Å². The number of allylic oxidation sites excluding steroid dienone is 1. The van der Waals surface area contributed by atoms with Gasteiger partial charge in [0.25, 0.3) is 0 Å². The molecular weight excluding hydrogens is 462 g/mol. The lowest BCUT2D eigenvalue weighted by Gasteiger charge is -2.40. The molecule has 2 heterocycles. The molecule has 2 N–H and O–H groups in total. The Morgan fingerprint density at radius 2 is 1.49 bits per heavy atom. The average molecular weight is 500 g/mol. The van der Waals surface area contributed by atoms with E-state index in [1.54, 1.807) is 0 Å². The van der Waals surface area contributed by atoms with E-state index in [0.29, 0.717) is 18.2 Å². The van der Waals surface area contributed by atoms with Gasteiger partial charge in [0.05, 0.1) is 18.1 Å². The maximum Gasteiger partial charge on any atom is 0.205 e. The van der Waals surface area contributed by atoms with Crippen LogP contribution in [-0.4, -0.2) is 36.2 Å². The highest BCUT2D eigenvalue weighted by Crippen LogP contribution is 2.44. The third-order valence-corrected chi connectivity index (χ3v) is 6.47. The predicted molar refractivity (Wildman–Crippen MR) is 147 cm³/mol. The third kappa shape index (κ3) is 6.00. The largest absolute Gasteiger partial charge is 0.491 e. The van der Waals surface area contributed by atoms with E-state index in [2.05, 4.69) is 30.9 Å². The summed E-state index contributed by atoms with van der Waals surface area (Å²) in [5.41, 5.74) is 10.9. The Kier molecular flexibility index (Phi) is 7.94. The smallest absolute Gasteiger partial charge is 0.205 e. The van der Waals surface area contributed by atoms with Crippen LogP contribution in [0.15, 0.2) is 76.9 Å². The minimum atomic E-state index is -0.284. The first-order valence-electron chi connectivity index (χ1n) is 12.9. The van der Waals surface area contributed by atoms with E-state index >= 15 is 0 Å². The summed E-state index contributed by atoms with van der Waals surface area (Å²) >= 11 is 0. The standard InChI is InChI=1S/C31H37N3O3/c1-19(2)34-17-24(15-22-7-11-25(12-8-22)35-20(3)4)30-28(18-34)29(27(16-32)31(33)37-30)23-9-13-26(14-10-23)36-21(5)6/h7-15,19-21,29H,17-18,33H2,1-6H3/b24-15+. The summed E-state index contributed by atoms with van der Waals surface area (Å²) in [5, 5.41) is 10.1. The van der Waals surface area contributed by atoms with Gasteiger partial charge in [-0.2, -0.15) is 5.26 Å². The topological polar surface area (TPSA) is 80.7 Å². The van der Waals surface area contributed by atoms with Gasteiger partial charge in [-0.05, 0) is 88.6 Å². The molecule has 1 atom stereocenters. The van der Waals surface area contributed by atoms with Gasteiger partial charge in [-0.15, -0.1) is 0 Å². The van der Waals surface area contributed by atoms with Crippen LogP contribution < -0.4 is 15.2 Å². The fourth-order valence-electron chi connectivity index (χ4n) is 4.77. The summed E-state index contributed by atoms with van der Waals surface area (Å²) in [4.78, 5) is 2.39. The fourth-order valence-corrected chi connectivity index (χ4v) is 4.77. The van der Waals surface area contributed by atoms with Crippen LogP contribution >= 0.6 is 0 Å². The summed E-state index contributed by atoms with van der Waals surface area (Å²) in [6.45, 7) is 13.8. The van der Waals surface area contributed by atoms with E-state index in [0.717, 1.165) is 46.1 Å². The zero-order chi connectivity index (χ0) is 26.7. The van der Waals surface area contributed by atoms with Crippen LogP contribution in [0.3, 0.4) is 0 Å². The minimum absolute atomic E-state index is 0.0880. The highest BCUT2D eigenvalue weighted by molar-refractivity contribution is 5.63. The molecule has 37 heavy (non-hydrogen) atoms. The number of nitriles is 1. The van der Waals surface area contributed by atoms with E-state index in [1.807, 2.05) is 76.2 Å². The molecule has 0 amide bonds. The third-order valence-electron chi connectivity index (χ3n) is 6.47. The SMILES string of the molecule is CC(C)Oc1ccc(/C=C2\CN(C(C)C)CC3=C2OC(N)=C(C#N)C3c2ccc(OC(C)C)cc2)cc1. The van der Waals surface area contributed by atoms with E-state index in [4.69, 9.17) is 19.9 Å². The van der Waals surface area contributed by atoms with Crippen molar-refractivity contribution in [3.63, 3.8) is 0 Å². The van der Waals surface area contributed by atoms with Gasteiger partial charge in [0.1, 0.15) is 28.9 Å². The van der Waals surface area contributed by atoms with E-state index < -0.39 is 0 Å². The second kappa shape index (κ2) is 11.1. The number of nitrogens with two attached hydrogens (primary N) is 1. The molecule has 2 aromatic carbocycles. The van der Waals surface area contributed by atoms with Gasteiger partial charge >= 0.3 is 0 Å². The molecule has 1 unspecified atom stereocenters. The first-order chi connectivity index (χ1) is 17.7. The Hall–Kier alpha value is -3.69. The molecule has 2 aliphatic rings. The van der Waals surface area contributed by atoms with Gasteiger partial charge in [-0.3, -0.25) is 4.90 Å². The zero-order valence-corrected chi connectivity index (χ0v) is 22.6. The zero-order valence-electron chi connectivity index (χ0n) is 22.6. The van der Waals surface area contributed by atoms with Crippen molar-refractivity contribution < 1.29 is 14.2 Å². The molecular formula is C31H37N3O3. The predicted octanol–water partition coefficient (Wildman–Crippen LogP) is 6.13. The van der Waals surface area contributed by atoms with Crippen molar-refractivity contribution >= 4 is 6.08 Å². The molecule has 6 heteroatoms. The quantitative estimate of drug-likeness (QED) is 0.494. The lowest BCUT2D eigenvalue weighted by Crippen LogP contribution is -2.41. The highest BCUT2D eigenvalue weighted by atomic mass is 16.5. The lowest BCUT2D eigenvalue weighted by molar-refractivity contribution is 0.208. The molecule has 0 spiro atoms. The van der Waals surface area contributed by atoms with E-state index in [1.165, 1.54) is 0 Å². The van der Waals surface area contributed by atoms with Crippen LogP contribution in [0, 0.1) is 11.3 Å². The molecule has 0 bridgehead atoms. The Bertz CT molecular complexity index is 1250. The molecule has 0 aliphatic carbocycles. The summed E-state index contributed by atoms with van der Waals surface area (Å²) < 4.78 is 17.8. The average Bonchev–Trinajstić information content (AvgIpc) is 2.84. The summed E-state index contributed by atoms with van der Waals surface area (Å²) in [7, 11) is 0. The fraction of sp³-hybridized carbons (Fsp3) is 0.387. The van der Waals surface area contributed by atoms with Gasteiger partial charge < -0.3 is 19.9 Å². The summed E-state index contributed by atoms with van der Waals surface area (Å²) in [6, 6.07) is 18.7. The highest BCUT2D eigenvalue weighted by Gasteiger charge is 2.38. The number of nitrogens with zero attached hydrogens (tertiary/aromatic N) is 2. The van der Waals surface area contributed by atoms with Gasteiger partial charge in [0.2, 0.25) is 5.88 Å². The number of rotatable bonds is 7. The molecule has 0 saturated heterocycles. The Labute approximate surface area is 220 Å². The summed E-state index contributed by atoms with van der Waals surface area (Å²) in [5.74, 6) is 2.29. The molecule has 0 radical (unpaired) electrons. The molecule has 4 rings (SSSR count). The van der Waals surface area contributed by atoms with Crippen molar-refractivity contribution in [3.8, 4) is 17.6 Å². The molecule has 0 aromatic heterocycles. The van der Waals surface area contributed by atoms with E-state index in [-0.39, 0.29) is 24.0 Å². The molecule has 0 saturated carbocycles. The van der Waals surface area contributed by atoms with Crippen LogP contribution in [0.25, 0.3) is 6.08 Å². The van der Waals surface area contributed by atoms with Crippen molar-refractivity contribution in [1.82, 2.24) is 4.90 Å². The van der Waals surface area contributed by atoms with Crippen LogP contribution in [-0.2, 0) is 4.74 Å². The maximum atomic E-state index is 10.1. The Morgan fingerprint density at radius 1 is 0.919 bits per heavy atom. The number of hydrogen-bond donors (Lipinski definition) is 1. The first-order valence-corrected chi connectivity index (χ1v) is 12.9.